The van der Waals surface area contributed by atoms with E-state index in [1.165, 1.54) is 44.1 Å². The Morgan fingerprint density at radius 1 is 1.17 bits per heavy atom. The third-order valence-electron chi connectivity index (χ3n) is 5.50. The summed E-state index contributed by atoms with van der Waals surface area (Å²) in [6, 6.07) is 2.61. The van der Waals surface area contributed by atoms with Crippen LogP contribution in [0.15, 0.2) is 28.0 Å². The third-order valence-corrected chi connectivity index (χ3v) is 8.72. The molecule has 1 aliphatic carbocycles. The van der Waals surface area contributed by atoms with Crippen molar-refractivity contribution in [1.82, 2.24) is 18.8 Å². The Hall–Kier alpha value is -2.30. The molecular formula is C20H25N5O3S2. The van der Waals surface area contributed by atoms with Gasteiger partial charge in [0.05, 0.1) is 16.8 Å². The van der Waals surface area contributed by atoms with Gasteiger partial charge in [-0.1, -0.05) is 13.8 Å². The molecule has 30 heavy (non-hydrogen) atoms. The van der Waals surface area contributed by atoms with E-state index in [1.807, 2.05) is 0 Å². The number of rotatable bonds is 6. The van der Waals surface area contributed by atoms with E-state index in [0.717, 1.165) is 29.5 Å². The summed E-state index contributed by atoms with van der Waals surface area (Å²) >= 11 is 1.64. The first-order valence-electron chi connectivity index (χ1n) is 10.1. The van der Waals surface area contributed by atoms with Crippen molar-refractivity contribution in [2.45, 2.75) is 51.0 Å². The zero-order valence-electron chi connectivity index (χ0n) is 17.1. The molecule has 0 fully saturated rings. The number of hydrogen-bond acceptors (Lipinski definition) is 7. The maximum atomic E-state index is 12.8. The third kappa shape index (κ3) is 3.63. The standard InChI is InChI=1S/C20H25N5O3S2/c1-3-25(4-2)30(27,28)13-9-10-17(26)24(11-13)12-16-22-19(21)18-14-7-5-6-8-15(14)29-20(18)23-16/h9-11H,3-8,12H2,1-2H3,(H2,21,22,23). The maximum absolute atomic E-state index is 12.8. The van der Waals surface area contributed by atoms with E-state index >= 15 is 0 Å². The van der Waals surface area contributed by atoms with Crippen LogP contribution in [0, 0.1) is 0 Å². The molecule has 0 unspecified atom stereocenters. The molecule has 0 atom stereocenters. The summed E-state index contributed by atoms with van der Waals surface area (Å²) < 4.78 is 28.3. The molecule has 0 bridgehead atoms. The van der Waals surface area contributed by atoms with Crippen LogP contribution in [0.3, 0.4) is 0 Å². The molecule has 160 valence electrons. The van der Waals surface area contributed by atoms with Gasteiger partial charge in [-0.05, 0) is 37.3 Å². The maximum Gasteiger partial charge on any atom is 0.251 e. The highest BCUT2D eigenvalue weighted by atomic mass is 32.2. The Balaban J connectivity index is 1.73. The zero-order valence-corrected chi connectivity index (χ0v) is 18.7. The number of pyridine rings is 1. The van der Waals surface area contributed by atoms with Gasteiger partial charge in [0.2, 0.25) is 10.0 Å². The largest absolute Gasteiger partial charge is 0.383 e. The Labute approximate surface area is 179 Å². The lowest BCUT2D eigenvalue weighted by molar-refractivity contribution is 0.444. The van der Waals surface area contributed by atoms with Crippen molar-refractivity contribution >= 4 is 37.4 Å². The number of sulfonamides is 1. The Morgan fingerprint density at radius 2 is 1.90 bits per heavy atom. The van der Waals surface area contributed by atoms with Crippen LogP contribution in [0.5, 0.6) is 0 Å². The average Bonchev–Trinajstić information content (AvgIpc) is 3.09. The van der Waals surface area contributed by atoms with Crippen LogP contribution < -0.4 is 11.3 Å². The molecule has 0 spiro atoms. The number of fused-ring (bicyclic) bond motifs is 3. The van der Waals surface area contributed by atoms with Crippen molar-refractivity contribution < 1.29 is 8.42 Å². The second-order valence-electron chi connectivity index (χ2n) is 7.34. The molecule has 4 rings (SSSR count). The van der Waals surface area contributed by atoms with E-state index in [0.29, 0.717) is 24.7 Å². The molecular weight excluding hydrogens is 422 g/mol. The van der Waals surface area contributed by atoms with Gasteiger partial charge >= 0.3 is 0 Å². The van der Waals surface area contributed by atoms with Gasteiger partial charge in [-0.15, -0.1) is 11.3 Å². The molecule has 0 radical (unpaired) electrons. The molecule has 8 nitrogen and oxygen atoms in total. The Bertz CT molecular complexity index is 1260. The first-order chi connectivity index (χ1) is 14.3. The molecule has 0 aliphatic heterocycles. The Morgan fingerprint density at radius 3 is 2.63 bits per heavy atom. The highest BCUT2D eigenvalue weighted by molar-refractivity contribution is 7.89. The highest BCUT2D eigenvalue weighted by Crippen LogP contribution is 2.37. The fourth-order valence-electron chi connectivity index (χ4n) is 3.95. The van der Waals surface area contributed by atoms with E-state index in [-0.39, 0.29) is 17.0 Å². The van der Waals surface area contributed by atoms with Gasteiger partial charge in [-0.2, -0.15) is 4.31 Å². The van der Waals surface area contributed by atoms with Gasteiger partial charge in [-0.3, -0.25) is 4.79 Å². The minimum absolute atomic E-state index is 0.0587. The molecule has 3 aromatic heterocycles. The predicted molar refractivity (Wildman–Crippen MR) is 118 cm³/mol. The molecule has 10 heteroatoms. The summed E-state index contributed by atoms with van der Waals surface area (Å²) in [5.41, 5.74) is 7.20. The van der Waals surface area contributed by atoms with Gasteiger partial charge in [-0.25, -0.2) is 18.4 Å². The molecule has 3 aromatic rings. The SMILES string of the molecule is CCN(CC)S(=O)(=O)c1ccc(=O)n(Cc2nc(N)c3c4c(sc3n2)CCCC4)c1. The number of nitrogen functional groups attached to an aromatic ring is 1. The molecule has 2 N–H and O–H groups in total. The molecule has 3 heterocycles. The lowest BCUT2D eigenvalue weighted by Crippen LogP contribution is -2.32. The fraction of sp³-hybridized carbons (Fsp3) is 0.450. The smallest absolute Gasteiger partial charge is 0.251 e. The number of thiophene rings is 1. The van der Waals surface area contributed by atoms with Crippen molar-refractivity contribution in [1.29, 1.82) is 0 Å². The number of aromatic nitrogens is 3. The quantitative estimate of drug-likeness (QED) is 0.621. The number of nitrogens with two attached hydrogens (primary N) is 1. The second kappa shape index (κ2) is 8.09. The highest BCUT2D eigenvalue weighted by Gasteiger charge is 2.23. The van der Waals surface area contributed by atoms with Crippen LogP contribution in [0.2, 0.25) is 0 Å². The van der Waals surface area contributed by atoms with Gasteiger partial charge < -0.3 is 10.3 Å². The number of nitrogens with zero attached hydrogens (tertiary/aromatic N) is 4. The molecule has 1 aliphatic rings. The monoisotopic (exact) mass is 447 g/mol. The van der Waals surface area contributed by atoms with Crippen molar-refractivity contribution in [3.05, 3.63) is 44.9 Å². The predicted octanol–water partition coefficient (Wildman–Crippen LogP) is 2.39. The summed E-state index contributed by atoms with van der Waals surface area (Å²) in [4.78, 5) is 23.7. The van der Waals surface area contributed by atoms with Gasteiger partial charge in [0.25, 0.3) is 5.56 Å². The van der Waals surface area contributed by atoms with Crippen molar-refractivity contribution in [2.75, 3.05) is 18.8 Å². The minimum atomic E-state index is -3.67. The normalized spacial score (nSPS) is 14.4. The van der Waals surface area contributed by atoms with Crippen molar-refractivity contribution in [3.63, 3.8) is 0 Å². The molecule has 0 saturated heterocycles. The lowest BCUT2D eigenvalue weighted by atomic mass is 9.97. The zero-order chi connectivity index (χ0) is 21.5. The van der Waals surface area contributed by atoms with Crippen LogP contribution in [0.25, 0.3) is 10.2 Å². The Kier molecular flexibility index (Phi) is 5.65. The van der Waals surface area contributed by atoms with Gasteiger partial charge in [0.1, 0.15) is 10.6 Å². The van der Waals surface area contributed by atoms with Crippen LogP contribution >= 0.6 is 11.3 Å². The van der Waals surface area contributed by atoms with Crippen molar-refractivity contribution in [2.24, 2.45) is 0 Å². The lowest BCUT2D eigenvalue weighted by Gasteiger charge is -2.19. The van der Waals surface area contributed by atoms with Crippen LogP contribution in [0.4, 0.5) is 5.82 Å². The summed E-state index contributed by atoms with van der Waals surface area (Å²) in [6.07, 6.45) is 5.70. The van der Waals surface area contributed by atoms with Gasteiger partial charge in [0, 0.05) is 30.2 Å². The summed E-state index contributed by atoms with van der Waals surface area (Å²) in [5, 5.41) is 0.934. The van der Waals surface area contributed by atoms with E-state index in [1.54, 1.807) is 25.2 Å². The summed E-state index contributed by atoms with van der Waals surface area (Å²) in [5.74, 6) is 0.826. The average molecular weight is 448 g/mol. The molecule has 0 aromatic carbocycles. The first kappa shape index (κ1) is 21.0. The first-order valence-corrected chi connectivity index (χ1v) is 12.4. The van der Waals surface area contributed by atoms with Crippen LogP contribution in [-0.2, 0) is 29.4 Å². The topological polar surface area (TPSA) is 111 Å². The molecule has 0 amide bonds. The summed E-state index contributed by atoms with van der Waals surface area (Å²) in [7, 11) is -3.67. The minimum Gasteiger partial charge on any atom is -0.383 e. The van der Waals surface area contributed by atoms with E-state index in [4.69, 9.17) is 5.73 Å². The fourth-order valence-corrected chi connectivity index (χ4v) is 6.72. The number of aryl methyl sites for hydroxylation is 2. The van der Waals surface area contributed by atoms with Crippen LogP contribution in [-0.4, -0.2) is 40.3 Å². The second-order valence-corrected chi connectivity index (χ2v) is 10.4. The van der Waals surface area contributed by atoms with Crippen LogP contribution in [0.1, 0.15) is 43.0 Å². The molecule has 0 saturated carbocycles. The number of anilines is 1. The van der Waals surface area contributed by atoms with E-state index < -0.39 is 10.0 Å². The van der Waals surface area contributed by atoms with Crippen molar-refractivity contribution in [3.8, 4) is 0 Å². The van der Waals surface area contributed by atoms with E-state index in [2.05, 4.69) is 9.97 Å². The number of hydrogen-bond donors (Lipinski definition) is 1. The summed E-state index contributed by atoms with van der Waals surface area (Å²) in [6.45, 7) is 4.34. The van der Waals surface area contributed by atoms with Gasteiger partial charge in [0.15, 0.2) is 5.82 Å². The van der Waals surface area contributed by atoms with E-state index in [9.17, 15) is 13.2 Å².